The SMILES string of the molecule is C1=CCC=C1.C1=CCC=C1.c1ccc2c(c1)ccc1c3c(ccc12)CCCC3. The number of allylic oxidation sites excluding steroid dienone is 8. The van der Waals surface area contributed by atoms with Crippen LogP contribution < -0.4 is 0 Å². The zero-order valence-corrected chi connectivity index (χ0v) is 16.5. The molecule has 3 aliphatic rings. The van der Waals surface area contributed by atoms with Gasteiger partial charge in [-0.1, -0.05) is 97.1 Å². The summed E-state index contributed by atoms with van der Waals surface area (Å²) in [6.07, 6.45) is 24.2. The summed E-state index contributed by atoms with van der Waals surface area (Å²) in [6, 6.07) is 18.0. The first-order valence-electron chi connectivity index (χ1n) is 10.5. The van der Waals surface area contributed by atoms with E-state index in [4.69, 9.17) is 0 Å². The Bertz CT molecular complexity index is 1020. The van der Waals surface area contributed by atoms with Crippen molar-refractivity contribution in [3.63, 3.8) is 0 Å². The summed E-state index contributed by atoms with van der Waals surface area (Å²) in [5.74, 6) is 0. The molecule has 0 unspecified atom stereocenters. The molecule has 0 saturated heterocycles. The van der Waals surface area contributed by atoms with Crippen molar-refractivity contribution in [3.8, 4) is 0 Å². The Labute approximate surface area is 168 Å². The molecule has 0 amide bonds. The molecule has 0 nitrogen and oxygen atoms in total. The zero-order chi connectivity index (χ0) is 19.0. The number of hydrogen-bond acceptors (Lipinski definition) is 0. The second-order valence-corrected chi connectivity index (χ2v) is 7.48. The molecular formula is C28H28. The molecule has 0 aliphatic heterocycles. The van der Waals surface area contributed by atoms with Gasteiger partial charge >= 0.3 is 0 Å². The lowest BCUT2D eigenvalue weighted by Crippen LogP contribution is -2.02. The second kappa shape index (κ2) is 9.37. The Hall–Kier alpha value is -2.86. The summed E-state index contributed by atoms with van der Waals surface area (Å²) < 4.78 is 0. The van der Waals surface area contributed by atoms with Gasteiger partial charge in [0.1, 0.15) is 0 Å². The van der Waals surface area contributed by atoms with E-state index in [9.17, 15) is 0 Å². The molecule has 0 heterocycles. The number of fused-ring (bicyclic) bond motifs is 5. The van der Waals surface area contributed by atoms with Crippen LogP contribution in [0.2, 0.25) is 0 Å². The van der Waals surface area contributed by atoms with E-state index in [1.807, 2.05) is 0 Å². The van der Waals surface area contributed by atoms with Crippen molar-refractivity contribution in [2.24, 2.45) is 0 Å². The van der Waals surface area contributed by atoms with Crippen molar-refractivity contribution >= 4 is 21.5 Å². The van der Waals surface area contributed by atoms with Crippen LogP contribution in [-0.4, -0.2) is 0 Å². The molecule has 28 heavy (non-hydrogen) atoms. The van der Waals surface area contributed by atoms with Crippen LogP contribution in [0, 0.1) is 0 Å². The van der Waals surface area contributed by atoms with Crippen molar-refractivity contribution in [3.05, 3.63) is 108 Å². The maximum Gasteiger partial charge on any atom is -0.0102 e. The van der Waals surface area contributed by atoms with Crippen LogP contribution in [0.15, 0.2) is 97.1 Å². The van der Waals surface area contributed by atoms with Crippen LogP contribution >= 0.6 is 0 Å². The third-order valence-electron chi connectivity index (χ3n) is 5.57. The van der Waals surface area contributed by atoms with Crippen molar-refractivity contribution in [1.82, 2.24) is 0 Å². The monoisotopic (exact) mass is 364 g/mol. The third-order valence-corrected chi connectivity index (χ3v) is 5.57. The fraction of sp³-hybridized carbons (Fsp3) is 0.214. The van der Waals surface area contributed by atoms with Crippen molar-refractivity contribution in [2.45, 2.75) is 38.5 Å². The van der Waals surface area contributed by atoms with Gasteiger partial charge in [0.25, 0.3) is 0 Å². The van der Waals surface area contributed by atoms with Gasteiger partial charge in [0, 0.05) is 0 Å². The van der Waals surface area contributed by atoms with Gasteiger partial charge in [-0.05, 0) is 71.2 Å². The lowest BCUT2D eigenvalue weighted by molar-refractivity contribution is 0.690. The fourth-order valence-electron chi connectivity index (χ4n) is 4.13. The molecule has 0 N–H and O–H groups in total. The van der Waals surface area contributed by atoms with E-state index in [0.717, 1.165) is 12.8 Å². The Morgan fingerprint density at radius 1 is 0.500 bits per heavy atom. The maximum atomic E-state index is 2.35. The highest BCUT2D eigenvalue weighted by molar-refractivity contribution is 6.08. The molecule has 3 aliphatic carbocycles. The first-order valence-corrected chi connectivity index (χ1v) is 10.5. The summed E-state index contributed by atoms with van der Waals surface area (Å²) >= 11 is 0. The molecule has 3 aromatic carbocycles. The summed E-state index contributed by atoms with van der Waals surface area (Å²) in [4.78, 5) is 0. The van der Waals surface area contributed by atoms with Crippen molar-refractivity contribution in [2.75, 3.05) is 0 Å². The predicted molar refractivity (Wildman–Crippen MR) is 124 cm³/mol. The highest BCUT2D eigenvalue weighted by Crippen LogP contribution is 2.33. The van der Waals surface area contributed by atoms with Gasteiger partial charge < -0.3 is 0 Å². The summed E-state index contributed by atoms with van der Waals surface area (Å²) in [6.45, 7) is 0. The molecule has 0 fully saturated rings. The van der Waals surface area contributed by atoms with Gasteiger partial charge in [0.05, 0.1) is 0 Å². The van der Waals surface area contributed by atoms with Gasteiger partial charge in [-0.15, -0.1) is 0 Å². The molecule has 140 valence electrons. The predicted octanol–water partition coefficient (Wildman–Crippen LogP) is 7.88. The van der Waals surface area contributed by atoms with Crippen LogP contribution in [0.25, 0.3) is 21.5 Å². The average Bonchev–Trinajstić information content (AvgIpc) is 3.52. The maximum absolute atomic E-state index is 2.35. The van der Waals surface area contributed by atoms with E-state index >= 15 is 0 Å². The van der Waals surface area contributed by atoms with Gasteiger partial charge in [0.2, 0.25) is 0 Å². The minimum Gasteiger partial charge on any atom is -0.0808 e. The molecule has 3 aromatic rings. The number of aryl methyl sites for hydroxylation is 2. The number of benzene rings is 3. The van der Waals surface area contributed by atoms with Crippen LogP contribution in [0.4, 0.5) is 0 Å². The third kappa shape index (κ3) is 4.34. The topological polar surface area (TPSA) is 0 Å². The standard InChI is InChI=1S/C18H16.2C5H6/c1-3-7-15-13(5-1)9-11-18-16-8-4-2-6-14(16)10-12-17(15)18;2*1-2-4-5-3-1/h1,3,5,7,9-12H,2,4,6,8H2;2*1-4H,5H2. The van der Waals surface area contributed by atoms with Crippen LogP contribution in [0.5, 0.6) is 0 Å². The van der Waals surface area contributed by atoms with E-state index in [1.54, 1.807) is 11.1 Å². The molecule has 6 rings (SSSR count). The van der Waals surface area contributed by atoms with E-state index in [1.165, 1.54) is 47.2 Å². The largest absolute Gasteiger partial charge is 0.0808 e. The van der Waals surface area contributed by atoms with Crippen molar-refractivity contribution in [1.29, 1.82) is 0 Å². The minimum absolute atomic E-state index is 1.14. The van der Waals surface area contributed by atoms with Crippen molar-refractivity contribution < 1.29 is 0 Å². The lowest BCUT2D eigenvalue weighted by atomic mass is 9.86. The lowest BCUT2D eigenvalue weighted by Gasteiger charge is -2.18. The van der Waals surface area contributed by atoms with E-state index in [2.05, 4.69) is 97.1 Å². The Balaban J connectivity index is 0.000000157. The van der Waals surface area contributed by atoms with Gasteiger partial charge in [-0.25, -0.2) is 0 Å². The van der Waals surface area contributed by atoms with Gasteiger partial charge in [-0.3, -0.25) is 0 Å². The number of rotatable bonds is 0. The Morgan fingerprint density at radius 2 is 1.14 bits per heavy atom. The Kier molecular flexibility index (Phi) is 6.19. The molecule has 0 aromatic heterocycles. The molecule has 0 bridgehead atoms. The average molecular weight is 365 g/mol. The minimum atomic E-state index is 1.14. The van der Waals surface area contributed by atoms with Crippen LogP contribution in [0.1, 0.15) is 36.8 Å². The van der Waals surface area contributed by atoms with Crippen LogP contribution in [-0.2, 0) is 12.8 Å². The van der Waals surface area contributed by atoms with E-state index in [-0.39, 0.29) is 0 Å². The fourth-order valence-corrected chi connectivity index (χ4v) is 4.13. The molecule has 0 atom stereocenters. The smallest absolute Gasteiger partial charge is 0.0102 e. The highest BCUT2D eigenvalue weighted by atomic mass is 14.2. The Morgan fingerprint density at radius 3 is 1.82 bits per heavy atom. The molecule has 0 heteroatoms. The summed E-state index contributed by atoms with van der Waals surface area (Å²) in [5, 5.41) is 5.64. The molecular weight excluding hydrogens is 336 g/mol. The summed E-state index contributed by atoms with van der Waals surface area (Å²) in [7, 11) is 0. The normalized spacial score (nSPS) is 15.9. The summed E-state index contributed by atoms with van der Waals surface area (Å²) in [5.41, 5.74) is 3.17. The van der Waals surface area contributed by atoms with Gasteiger partial charge in [0.15, 0.2) is 0 Å². The highest BCUT2D eigenvalue weighted by Gasteiger charge is 2.13. The first kappa shape index (κ1) is 18.5. The van der Waals surface area contributed by atoms with E-state index < -0.39 is 0 Å². The van der Waals surface area contributed by atoms with Crippen LogP contribution in [0.3, 0.4) is 0 Å². The van der Waals surface area contributed by atoms with Gasteiger partial charge in [-0.2, -0.15) is 0 Å². The molecule has 0 saturated carbocycles. The second-order valence-electron chi connectivity index (χ2n) is 7.48. The quantitative estimate of drug-likeness (QED) is 0.356. The molecule has 0 radical (unpaired) electrons. The van der Waals surface area contributed by atoms with E-state index in [0.29, 0.717) is 0 Å². The molecule has 0 spiro atoms. The zero-order valence-electron chi connectivity index (χ0n) is 16.5. The first-order chi connectivity index (χ1) is 13.9. The number of hydrogen-bond donors (Lipinski definition) is 0.